The lowest BCUT2D eigenvalue weighted by molar-refractivity contribution is 0.0523. The minimum absolute atomic E-state index is 0.166. The first-order chi connectivity index (χ1) is 11.7. The lowest BCUT2D eigenvalue weighted by Gasteiger charge is -2.20. The second kappa shape index (κ2) is 8.09. The van der Waals surface area contributed by atoms with E-state index >= 15 is 0 Å². The molecule has 0 saturated heterocycles. The van der Waals surface area contributed by atoms with E-state index in [0.29, 0.717) is 26.7 Å². The molecule has 0 bridgehead atoms. The lowest BCUT2D eigenvalue weighted by Crippen LogP contribution is -2.32. The van der Waals surface area contributed by atoms with Crippen LogP contribution in [0.25, 0.3) is 0 Å². The van der Waals surface area contributed by atoms with Gasteiger partial charge in [-0.15, -0.1) is 0 Å². The summed E-state index contributed by atoms with van der Waals surface area (Å²) in [6.07, 6.45) is -1.49. The molecule has 2 rings (SSSR count). The highest BCUT2D eigenvalue weighted by atomic mass is 35.5. The average Bonchev–Trinajstić information content (AvgIpc) is 2.53. The number of alkyl carbamates (subject to hydrolysis) is 1. The summed E-state index contributed by atoms with van der Waals surface area (Å²) in [6, 6.07) is 12.5. The molecule has 25 heavy (non-hydrogen) atoms. The molecule has 0 fully saturated rings. The summed E-state index contributed by atoms with van der Waals surface area (Å²) >= 11 is 12.7. The predicted molar refractivity (Wildman–Crippen MR) is 100 cm³/mol. The number of aliphatic hydroxyl groups is 1. The Labute approximate surface area is 157 Å². The predicted octanol–water partition coefficient (Wildman–Crippen LogP) is 5.10. The van der Waals surface area contributed by atoms with E-state index in [4.69, 9.17) is 27.9 Å². The van der Waals surface area contributed by atoms with Crippen molar-refractivity contribution < 1.29 is 14.6 Å². The van der Waals surface area contributed by atoms with Gasteiger partial charge in [-0.1, -0.05) is 59.6 Å². The first-order valence-corrected chi connectivity index (χ1v) is 8.61. The summed E-state index contributed by atoms with van der Waals surface area (Å²) in [6.45, 7) is 5.53. The number of nitrogens with one attached hydrogen (secondary N) is 1. The van der Waals surface area contributed by atoms with Crippen LogP contribution < -0.4 is 5.32 Å². The van der Waals surface area contributed by atoms with Gasteiger partial charge >= 0.3 is 6.09 Å². The Bertz CT molecular complexity index is 742. The lowest BCUT2D eigenvalue weighted by atomic mass is 9.99. The third-order valence-corrected chi connectivity index (χ3v) is 4.19. The van der Waals surface area contributed by atoms with Crippen molar-refractivity contribution in [1.29, 1.82) is 0 Å². The van der Waals surface area contributed by atoms with Crippen molar-refractivity contribution in [3.63, 3.8) is 0 Å². The highest BCUT2D eigenvalue weighted by molar-refractivity contribution is 6.36. The van der Waals surface area contributed by atoms with E-state index in [-0.39, 0.29) is 6.54 Å². The van der Waals surface area contributed by atoms with E-state index in [0.717, 1.165) is 0 Å². The molecule has 4 nitrogen and oxygen atoms in total. The monoisotopic (exact) mass is 381 g/mol. The molecule has 1 unspecified atom stereocenters. The highest BCUT2D eigenvalue weighted by Crippen LogP contribution is 2.36. The maximum Gasteiger partial charge on any atom is 0.407 e. The Balaban J connectivity index is 2.21. The van der Waals surface area contributed by atoms with Crippen LogP contribution in [0.4, 0.5) is 4.79 Å². The van der Waals surface area contributed by atoms with Crippen LogP contribution in [0, 0.1) is 0 Å². The van der Waals surface area contributed by atoms with Gasteiger partial charge in [0.25, 0.3) is 0 Å². The third kappa shape index (κ3) is 5.36. The second-order valence-electron chi connectivity index (χ2n) is 6.60. The number of carbonyl (C=O) groups is 1. The molecule has 0 aliphatic carbocycles. The van der Waals surface area contributed by atoms with Gasteiger partial charge in [-0.25, -0.2) is 4.79 Å². The van der Waals surface area contributed by atoms with E-state index in [1.807, 2.05) is 18.2 Å². The number of rotatable bonds is 4. The third-order valence-electron chi connectivity index (χ3n) is 3.42. The van der Waals surface area contributed by atoms with Gasteiger partial charge in [0.1, 0.15) is 11.7 Å². The summed E-state index contributed by atoms with van der Waals surface area (Å²) in [4.78, 5) is 11.8. The van der Waals surface area contributed by atoms with Crippen molar-refractivity contribution in [3.05, 3.63) is 69.2 Å². The van der Waals surface area contributed by atoms with Crippen LogP contribution in [0.2, 0.25) is 10.0 Å². The van der Waals surface area contributed by atoms with Crippen LogP contribution in [0.5, 0.6) is 0 Å². The maximum atomic E-state index is 11.8. The van der Waals surface area contributed by atoms with Gasteiger partial charge in [-0.3, -0.25) is 0 Å². The minimum Gasteiger partial charge on any atom is -0.444 e. The van der Waals surface area contributed by atoms with Crippen molar-refractivity contribution >= 4 is 29.3 Å². The zero-order valence-electron chi connectivity index (χ0n) is 14.3. The summed E-state index contributed by atoms with van der Waals surface area (Å²) in [5, 5.41) is 14.0. The van der Waals surface area contributed by atoms with Crippen molar-refractivity contribution in [2.24, 2.45) is 0 Å². The molecule has 0 radical (unpaired) electrons. The first-order valence-electron chi connectivity index (χ1n) is 7.85. The number of halogens is 2. The number of carbonyl (C=O) groups excluding carboxylic acids is 1. The number of amides is 1. The Morgan fingerprint density at radius 1 is 1.16 bits per heavy atom. The number of aliphatic hydroxyl groups excluding tert-OH is 1. The van der Waals surface area contributed by atoms with Crippen molar-refractivity contribution in [2.45, 2.75) is 39.0 Å². The fourth-order valence-corrected chi connectivity index (χ4v) is 2.93. The van der Waals surface area contributed by atoms with Gasteiger partial charge in [0.2, 0.25) is 0 Å². The fraction of sp³-hybridized carbons (Fsp3) is 0.316. The zero-order chi connectivity index (χ0) is 18.6. The Hall–Kier alpha value is -1.75. The van der Waals surface area contributed by atoms with E-state index in [9.17, 15) is 9.90 Å². The van der Waals surface area contributed by atoms with Gasteiger partial charge in [0.05, 0.1) is 5.02 Å². The van der Waals surface area contributed by atoms with E-state index in [2.05, 4.69) is 5.32 Å². The molecule has 0 spiro atoms. The molecule has 134 valence electrons. The number of benzene rings is 2. The molecule has 0 saturated carbocycles. The molecule has 0 aromatic heterocycles. The molecule has 2 aromatic rings. The molecule has 0 aliphatic heterocycles. The smallest absolute Gasteiger partial charge is 0.407 e. The largest absolute Gasteiger partial charge is 0.444 e. The van der Waals surface area contributed by atoms with E-state index in [1.54, 1.807) is 45.0 Å². The molecule has 6 heteroatoms. The Kier molecular flexibility index (Phi) is 6.33. The molecule has 2 N–H and O–H groups in total. The van der Waals surface area contributed by atoms with Gasteiger partial charge in [-0.05, 0) is 38.0 Å². The zero-order valence-corrected chi connectivity index (χ0v) is 15.9. The first kappa shape index (κ1) is 19.6. The van der Waals surface area contributed by atoms with Crippen LogP contribution in [-0.2, 0) is 11.3 Å². The SMILES string of the molecule is CC(C)(C)OC(=O)NCc1ccc(Cl)c(C(O)c2ccccc2)c1Cl. The number of hydrogen-bond acceptors (Lipinski definition) is 3. The van der Waals surface area contributed by atoms with Crippen LogP contribution in [0.3, 0.4) is 0 Å². The van der Waals surface area contributed by atoms with Crippen LogP contribution in [0.15, 0.2) is 42.5 Å². The molecule has 0 heterocycles. The summed E-state index contributed by atoms with van der Waals surface area (Å²) < 4.78 is 5.20. The normalized spacial score (nSPS) is 12.6. The molecule has 1 amide bonds. The summed E-state index contributed by atoms with van der Waals surface area (Å²) in [5.74, 6) is 0. The molecule has 0 aliphatic rings. The number of hydrogen-bond donors (Lipinski definition) is 2. The Morgan fingerprint density at radius 2 is 1.80 bits per heavy atom. The van der Waals surface area contributed by atoms with E-state index < -0.39 is 17.8 Å². The van der Waals surface area contributed by atoms with Gasteiger partial charge in [0, 0.05) is 17.1 Å². The van der Waals surface area contributed by atoms with Crippen LogP contribution in [-0.4, -0.2) is 16.8 Å². The molecule has 1 atom stereocenters. The topological polar surface area (TPSA) is 58.6 Å². The summed E-state index contributed by atoms with van der Waals surface area (Å²) in [7, 11) is 0. The maximum absolute atomic E-state index is 11.8. The van der Waals surface area contributed by atoms with Gasteiger partial charge in [0.15, 0.2) is 0 Å². The minimum atomic E-state index is -0.956. The van der Waals surface area contributed by atoms with E-state index in [1.165, 1.54) is 0 Å². The van der Waals surface area contributed by atoms with Gasteiger partial charge < -0.3 is 15.2 Å². The molecular weight excluding hydrogens is 361 g/mol. The van der Waals surface area contributed by atoms with Crippen molar-refractivity contribution in [2.75, 3.05) is 0 Å². The second-order valence-corrected chi connectivity index (χ2v) is 7.39. The Morgan fingerprint density at radius 3 is 2.40 bits per heavy atom. The van der Waals surface area contributed by atoms with Crippen molar-refractivity contribution in [1.82, 2.24) is 5.32 Å². The summed E-state index contributed by atoms with van der Waals surface area (Å²) in [5.41, 5.74) is 1.16. The molecular formula is C19H21Cl2NO3. The fourth-order valence-electron chi connectivity index (χ4n) is 2.29. The standard InChI is InChI=1S/C19H21Cl2NO3/c1-19(2,3)25-18(24)22-11-13-9-10-14(20)15(16(13)21)17(23)12-7-5-4-6-8-12/h4-10,17,23H,11H2,1-3H3,(H,22,24). The van der Waals surface area contributed by atoms with Crippen LogP contribution >= 0.6 is 23.2 Å². The number of ether oxygens (including phenoxy) is 1. The highest BCUT2D eigenvalue weighted by Gasteiger charge is 2.21. The van der Waals surface area contributed by atoms with Crippen LogP contribution in [0.1, 0.15) is 43.6 Å². The quantitative estimate of drug-likeness (QED) is 0.774. The van der Waals surface area contributed by atoms with Crippen molar-refractivity contribution in [3.8, 4) is 0 Å². The molecule has 2 aromatic carbocycles. The average molecular weight is 382 g/mol. The van der Waals surface area contributed by atoms with Gasteiger partial charge in [-0.2, -0.15) is 0 Å².